The number of hydrogen-bond donors (Lipinski definition) is 3. The lowest BCUT2D eigenvalue weighted by Gasteiger charge is -2.25. The van der Waals surface area contributed by atoms with Gasteiger partial charge in [0.1, 0.15) is 17.1 Å². The second-order valence-corrected chi connectivity index (χ2v) is 6.95. The van der Waals surface area contributed by atoms with Crippen LogP contribution in [0.4, 0.5) is 5.69 Å². The predicted molar refractivity (Wildman–Crippen MR) is 113 cm³/mol. The number of nitrogens with zero attached hydrogens (tertiary/aromatic N) is 1. The molecule has 1 unspecified atom stereocenters. The zero-order chi connectivity index (χ0) is 22.1. The molecule has 0 saturated carbocycles. The van der Waals surface area contributed by atoms with Crippen molar-refractivity contribution in [3.8, 4) is 5.75 Å². The fourth-order valence-electron chi connectivity index (χ4n) is 3.65. The third kappa shape index (κ3) is 3.42. The summed E-state index contributed by atoms with van der Waals surface area (Å²) in [5, 5.41) is 30.1. The molecule has 3 aromatic rings. The van der Waals surface area contributed by atoms with Gasteiger partial charge in [-0.15, -0.1) is 0 Å². The van der Waals surface area contributed by atoms with E-state index in [0.29, 0.717) is 11.1 Å². The van der Waals surface area contributed by atoms with Crippen molar-refractivity contribution in [1.29, 1.82) is 0 Å². The van der Waals surface area contributed by atoms with E-state index in [4.69, 9.17) is 0 Å². The summed E-state index contributed by atoms with van der Waals surface area (Å²) in [6.45, 7) is 0. The number of ketones is 1. The van der Waals surface area contributed by atoms with Crippen molar-refractivity contribution in [3.05, 3.63) is 101 Å². The first kappa shape index (κ1) is 19.9. The number of aromatic carboxylic acids is 1. The maximum atomic E-state index is 13.0. The number of aromatic hydroxyl groups is 1. The molecule has 1 saturated heterocycles. The Labute approximate surface area is 177 Å². The summed E-state index contributed by atoms with van der Waals surface area (Å²) in [5.41, 5.74) is 0.530. The highest BCUT2D eigenvalue weighted by molar-refractivity contribution is 6.51. The smallest absolute Gasteiger partial charge is 0.339 e. The van der Waals surface area contributed by atoms with Crippen LogP contribution in [0.25, 0.3) is 5.76 Å². The zero-order valence-electron chi connectivity index (χ0n) is 16.1. The minimum atomic E-state index is -1.38. The maximum Gasteiger partial charge on any atom is 0.339 e. The van der Waals surface area contributed by atoms with Crippen LogP contribution in [0.15, 0.2) is 84.4 Å². The molecule has 7 nitrogen and oxygen atoms in total. The SMILES string of the molecule is O=C1C(=O)N(c2ccc(O)c(C(=O)O)c2)C(c2ccccc2)/C1=C(/O)c1ccccc1. The van der Waals surface area contributed by atoms with Crippen molar-refractivity contribution < 1.29 is 29.7 Å². The van der Waals surface area contributed by atoms with Crippen molar-refractivity contribution in [2.24, 2.45) is 0 Å². The molecule has 1 aliphatic heterocycles. The highest BCUT2D eigenvalue weighted by Gasteiger charge is 2.47. The van der Waals surface area contributed by atoms with E-state index in [1.807, 2.05) is 0 Å². The summed E-state index contributed by atoms with van der Waals surface area (Å²) >= 11 is 0. The Morgan fingerprint density at radius 1 is 0.839 bits per heavy atom. The molecule has 154 valence electrons. The minimum absolute atomic E-state index is 0.104. The van der Waals surface area contributed by atoms with Crippen LogP contribution in [-0.4, -0.2) is 33.0 Å². The third-order valence-corrected chi connectivity index (χ3v) is 5.10. The Hall–Kier alpha value is -4.39. The highest BCUT2D eigenvalue weighted by Crippen LogP contribution is 2.42. The summed E-state index contributed by atoms with van der Waals surface area (Å²) < 4.78 is 0. The van der Waals surface area contributed by atoms with E-state index in [-0.39, 0.29) is 17.0 Å². The average Bonchev–Trinajstić information content (AvgIpc) is 3.05. The predicted octanol–water partition coefficient (Wildman–Crippen LogP) is 3.72. The number of phenols is 1. The Kier molecular flexibility index (Phi) is 5.00. The number of aliphatic hydroxyl groups is 1. The first-order valence-electron chi connectivity index (χ1n) is 9.38. The van der Waals surface area contributed by atoms with E-state index in [9.17, 15) is 29.7 Å². The van der Waals surface area contributed by atoms with Gasteiger partial charge in [-0.2, -0.15) is 0 Å². The molecule has 0 aliphatic carbocycles. The standard InChI is InChI=1S/C24H17NO6/c26-18-12-11-16(13-17(18)24(30)31)25-20(14-7-3-1-4-8-14)19(22(28)23(25)29)21(27)15-9-5-2-6-10-15/h1-13,20,26-27H,(H,30,31)/b21-19-. The van der Waals surface area contributed by atoms with E-state index in [2.05, 4.69) is 0 Å². The molecule has 31 heavy (non-hydrogen) atoms. The van der Waals surface area contributed by atoms with Crippen molar-refractivity contribution in [1.82, 2.24) is 0 Å². The number of rotatable bonds is 4. The first-order chi connectivity index (χ1) is 14.9. The molecule has 4 rings (SSSR count). The lowest BCUT2D eigenvalue weighted by atomic mass is 9.95. The molecular weight excluding hydrogens is 398 g/mol. The van der Waals surface area contributed by atoms with Gasteiger partial charge in [0.2, 0.25) is 0 Å². The number of Topliss-reactive ketones (excluding diaryl/α,β-unsaturated/α-hetero) is 1. The normalized spacial score (nSPS) is 17.7. The van der Waals surface area contributed by atoms with Crippen LogP contribution in [0.2, 0.25) is 0 Å². The second kappa shape index (κ2) is 7.79. The van der Waals surface area contributed by atoms with Crippen LogP contribution in [0, 0.1) is 0 Å². The van der Waals surface area contributed by atoms with Gasteiger partial charge in [0.25, 0.3) is 11.7 Å². The lowest BCUT2D eigenvalue weighted by Crippen LogP contribution is -2.29. The molecule has 3 N–H and O–H groups in total. The van der Waals surface area contributed by atoms with Gasteiger partial charge in [0.15, 0.2) is 0 Å². The molecule has 0 radical (unpaired) electrons. The number of benzene rings is 3. The summed E-state index contributed by atoms with van der Waals surface area (Å²) in [6, 6.07) is 19.7. The Balaban J connectivity index is 1.96. The van der Waals surface area contributed by atoms with Crippen LogP contribution < -0.4 is 4.90 Å². The van der Waals surface area contributed by atoms with Gasteiger partial charge in [-0.25, -0.2) is 4.79 Å². The van der Waals surface area contributed by atoms with E-state index >= 15 is 0 Å². The molecule has 0 bridgehead atoms. The van der Waals surface area contributed by atoms with Gasteiger partial charge in [0.05, 0.1) is 11.6 Å². The Morgan fingerprint density at radius 3 is 2.06 bits per heavy atom. The maximum absolute atomic E-state index is 13.0. The summed E-state index contributed by atoms with van der Waals surface area (Å²) in [5.74, 6) is -3.97. The Bertz CT molecular complexity index is 1220. The number of aliphatic hydroxyl groups excluding tert-OH is 1. The number of carbonyl (C=O) groups is 3. The van der Waals surface area contributed by atoms with E-state index < -0.39 is 35.0 Å². The van der Waals surface area contributed by atoms with Gasteiger partial charge < -0.3 is 15.3 Å². The molecule has 1 fully saturated rings. The summed E-state index contributed by atoms with van der Waals surface area (Å²) in [6.07, 6.45) is 0. The van der Waals surface area contributed by atoms with Crippen LogP contribution in [0.1, 0.15) is 27.5 Å². The molecule has 1 atom stereocenters. The molecule has 3 aromatic carbocycles. The van der Waals surface area contributed by atoms with E-state index in [1.165, 1.54) is 6.07 Å². The molecular formula is C24H17NO6. The summed E-state index contributed by atoms with van der Waals surface area (Å²) in [4.78, 5) is 38.6. The molecule has 7 heteroatoms. The number of amides is 1. The van der Waals surface area contributed by atoms with Crippen molar-refractivity contribution in [2.45, 2.75) is 6.04 Å². The number of carboxylic acids is 1. The number of hydrogen-bond acceptors (Lipinski definition) is 5. The number of carboxylic acid groups (broad SMARTS) is 1. The van der Waals surface area contributed by atoms with Gasteiger partial charge in [-0.05, 0) is 23.8 Å². The van der Waals surface area contributed by atoms with Gasteiger partial charge in [0, 0.05) is 11.3 Å². The van der Waals surface area contributed by atoms with Crippen molar-refractivity contribution in [3.63, 3.8) is 0 Å². The fourth-order valence-corrected chi connectivity index (χ4v) is 3.65. The number of anilines is 1. The first-order valence-corrected chi connectivity index (χ1v) is 9.38. The van der Waals surface area contributed by atoms with Gasteiger partial charge >= 0.3 is 5.97 Å². The molecule has 0 aromatic heterocycles. The van der Waals surface area contributed by atoms with Crippen molar-refractivity contribution in [2.75, 3.05) is 4.90 Å². The lowest BCUT2D eigenvalue weighted by molar-refractivity contribution is -0.132. The minimum Gasteiger partial charge on any atom is -0.507 e. The Morgan fingerprint density at radius 2 is 1.45 bits per heavy atom. The summed E-state index contributed by atoms with van der Waals surface area (Å²) in [7, 11) is 0. The largest absolute Gasteiger partial charge is 0.507 e. The molecule has 1 amide bonds. The topological polar surface area (TPSA) is 115 Å². The zero-order valence-corrected chi connectivity index (χ0v) is 16.1. The molecule has 1 heterocycles. The van der Waals surface area contributed by atoms with Crippen LogP contribution in [0.5, 0.6) is 5.75 Å². The van der Waals surface area contributed by atoms with E-state index in [0.717, 1.165) is 17.0 Å². The molecule has 1 aliphatic rings. The third-order valence-electron chi connectivity index (χ3n) is 5.10. The van der Waals surface area contributed by atoms with Crippen molar-refractivity contribution >= 4 is 29.1 Å². The monoisotopic (exact) mass is 415 g/mol. The van der Waals surface area contributed by atoms with Crippen LogP contribution in [0.3, 0.4) is 0 Å². The quantitative estimate of drug-likeness (QED) is 0.340. The van der Waals surface area contributed by atoms with Gasteiger partial charge in [-0.3, -0.25) is 14.5 Å². The van der Waals surface area contributed by atoms with Crippen LogP contribution >= 0.6 is 0 Å². The van der Waals surface area contributed by atoms with E-state index in [1.54, 1.807) is 60.7 Å². The second-order valence-electron chi connectivity index (χ2n) is 6.95. The fraction of sp³-hybridized carbons (Fsp3) is 0.0417. The molecule has 0 spiro atoms. The average molecular weight is 415 g/mol. The number of carbonyl (C=O) groups excluding carboxylic acids is 2. The highest BCUT2D eigenvalue weighted by atomic mass is 16.4. The van der Waals surface area contributed by atoms with Gasteiger partial charge in [-0.1, -0.05) is 60.7 Å². The van der Waals surface area contributed by atoms with Crippen LogP contribution in [-0.2, 0) is 9.59 Å².